The highest BCUT2D eigenvalue weighted by Crippen LogP contribution is 2.30. The molecule has 0 fully saturated rings. The highest BCUT2D eigenvalue weighted by Gasteiger charge is 2.19. The average molecular weight is 511 g/mol. The molecule has 3 rings (SSSR count). The van der Waals surface area contributed by atoms with Gasteiger partial charge in [0.25, 0.3) is 5.91 Å². The van der Waals surface area contributed by atoms with Crippen molar-refractivity contribution in [2.45, 2.75) is 38.0 Å². The van der Waals surface area contributed by atoms with Crippen LogP contribution < -0.4 is 19.1 Å². The van der Waals surface area contributed by atoms with Crippen LogP contribution in [0.3, 0.4) is 0 Å². The Labute approximate surface area is 212 Å². The van der Waals surface area contributed by atoms with Gasteiger partial charge < -0.3 is 13.7 Å². The first-order valence-electron chi connectivity index (χ1n) is 11.2. The Balaban J connectivity index is 1.57. The number of carbonyl (C=O) groups is 1. The van der Waals surface area contributed by atoms with Crippen LogP contribution in [0.15, 0.2) is 76.7 Å². The lowest BCUT2D eigenvalue weighted by molar-refractivity contribution is -0.123. The number of aryl methyl sites for hydroxylation is 1. The van der Waals surface area contributed by atoms with E-state index in [1.807, 2.05) is 31.2 Å². The summed E-state index contributed by atoms with van der Waals surface area (Å²) in [4.78, 5) is 12.1. The number of hydrogen-bond acceptors (Lipinski definition) is 7. The Morgan fingerprint density at radius 2 is 1.64 bits per heavy atom. The van der Waals surface area contributed by atoms with E-state index in [0.717, 1.165) is 5.56 Å². The lowest BCUT2D eigenvalue weighted by atomic mass is 9.87. The van der Waals surface area contributed by atoms with E-state index in [4.69, 9.17) is 13.7 Å². The molecule has 0 saturated carbocycles. The fourth-order valence-corrected chi connectivity index (χ4v) is 4.06. The fourth-order valence-electron chi connectivity index (χ4n) is 3.12. The van der Waals surface area contributed by atoms with Gasteiger partial charge in [-0.1, -0.05) is 50.6 Å². The molecule has 9 heteroatoms. The summed E-state index contributed by atoms with van der Waals surface area (Å²) >= 11 is 0. The lowest BCUT2D eigenvalue weighted by Crippen LogP contribution is -2.24. The molecule has 0 unspecified atom stereocenters. The Bertz CT molecular complexity index is 1330. The maximum Gasteiger partial charge on any atom is 0.339 e. The summed E-state index contributed by atoms with van der Waals surface area (Å²) in [5.74, 6) is 0.387. The average Bonchev–Trinajstić information content (AvgIpc) is 2.83. The molecular formula is C27H30N2O6S. The number of benzene rings is 3. The van der Waals surface area contributed by atoms with Crippen molar-refractivity contribution < 1.29 is 26.9 Å². The molecule has 0 atom stereocenters. The second-order valence-corrected chi connectivity index (χ2v) is 10.7. The van der Waals surface area contributed by atoms with Gasteiger partial charge in [-0.3, -0.25) is 4.79 Å². The van der Waals surface area contributed by atoms with E-state index in [-0.39, 0.29) is 28.4 Å². The van der Waals surface area contributed by atoms with Gasteiger partial charge in [-0.2, -0.15) is 13.5 Å². The molecule has 0 radical (unpaired) electrons. The predicted molar refractivity (Wildman–Crippen MR) is 138 cm³/mol. The summed E-state index contributed by atoms with van der Waals surface area (Å²) < 4.78 is 41.2. The van der Waals surface area contributed by atoms with Crippen molar-refractivity contribution in [1.29, 1.82) is 0 Å². The van der Waals surface area contributed by atoms with Crippen molar-refractivity contribution in [2.75, 3.05) is 13.7 Å². The van der Waals surface area contributed by atoms with Crippen LogP contribution in [0.5, 0.6) is 17.2 Å². The fraction of sp³-hybridized carbons (Fsp3) is 0.259. The number of hydrazone groups is 1. The van der Waals surface area contributed by atoms with Crippen molar-refractivity contribution in [1.82, 2.24) is 5.43 Å². The third-order valence-electron chi connectivity index (χ3n) is 5.19. The molecule has 3 aromatic rings. The Morgan fingerprint density at radius 1 is 0.972 bits per heavy atom. The minimum atomic E-state index is -4.03. The van der Waals surface area contributed by atoms with Gasteiger partial charge in [0.1, 0.15) is 10.6 Å². The molecule has 8 nitrogen and oxygen atoms in total. The summed E-state index contributed by atoms with van der Waals surface area (Å²) in [5.41, 5.74) is 5.09. The number of carbonyl (C=O) groups excluding carboxylic acids is 1. The van der Waals surface area contributed by atoms with Gasteiger partial charge in [0.05, 0.1) is 13.3 Å². The van der Waals surface area contributed by atoms with E-state index >= 15 is 0 Å². The van der Waals surface area contributed by atoms with Gasteiger partial charge in [0.2, 0.25) is 0 Å². The van der Waals surface area contributed by atoms with E-state index in [0.29, 0.717) is 11.3 Å². The van der Waals surface area contributed by atoms with Crippen LogP contribution in [0.2, 0.25) is 0 Å². The lowest BCUT2D eigenvalue weighted by Gasteiger charge is -2.19. The zero-order valence-corrected chi connectivity index (χ0v) is 21.8. The maximum atomic E-state index is 12.6. The van der Waals surface area contributed by atoms with Crippen LogP contribution in [0.25, 0.3) is 0 Å². The van der Waals surface area contributed by atoms with Gasteiger partial charge >= 0.3 is 10.1 Å². The summed E-state index contributed by atoms with van der Waals surface area (Å²) in [6.07, 6.45) is 1.40. The SMILES string of the molecule is COc1cc(/C=N\NC(=O)COc2ccc(C(C)(C)C)cc2)ccc1OS(=O)(=O)c1ccc(C)cc1. The first kappa shape index (κ1) is 26.7. The van der Waals surface area contributed by atoms with Gasteiger partial charge in [0.15, 0.2) is 18.1 Å². The van der Waals surface area contributed by atoms with Crippen molar-refractivity contribution >= 4 is 22.2 Å². The van der Waals surface area contributed by atoms with Gasteiger partial charge in [-0.15, -0.1) is 0 Å². The van der Waals surface area contributed by atoms with Crippen molar-refractivity contribution in [3.8, 4) is 17.2 Å². The van der Waals surface area contributed by atoms with E-state index in [1.54, 1.807) is 24.3 Å². The molecule has 190 valence electrons. The minimum Gasteiger partial charge on any atom is -0.493 e. The monoisotopic (exact) mass is 510 g/mol. The predicted octanol–water partition coefficient (Wildman–Crippen LogP) is 4.60. The Morgan fingerprint density at radius 3 is 2.25 bits per heavy atom. The highest BCUT2D eigenvalue weighted by molar-refractivity contribution is 7.87. The summed E-state index contributed by atoms with van der Waals surface area (Å²) in [5, 5.41) is 3.92. The second-order valence-electron chi connectivity index (χ2n) is 9.12. The van der Waals surface area contributed by atoms with Gasteiger partial charge in [-0.25, -0.2) is 5.43 Å². The van der Waals surface area contributed by atoms with Crippen molar-refractivity contribution in [3.63, 3.8) is 0 Å². The topological polar surface area (TPSA) is 103 Å². The second kappa shape index (κ2) is 11.3. The number of nitrogens with one attached hydrogen (secondary N) is 1. The highest BCUT2D eigenvalue weighted by atomic mass is 32.2. The van der Waals surface area contributed by atoms with E-state index < -0.39 is 16.0 Å². The summed E-state index contributed by atoms with van der Waals surface area (Å²) in [7, 11) is -2.63. The number of amides is 1. The maximum absolute atomic E-state index is 12.6. The zero-order valence-electron chi connectivity index (χ0n) is 20.9. The molecule has 0 bridgehead atoms. The van der Waals surface area contributed by atoms with Gasteiger partial charge in [-0.05, 0) is 65.9 Å². The molecule has 0 aliphatic heterocycles. The molecule has 0 aliphatic carbocycles. The largest absolute Gasteiger partial charge is 0.493 e. The molecular weight excluding hydrogens is 480 g/mol. The number of ether oxygens (including phenoxy) is 2. The normalized spacial score (nSPS) is 11.8. The number of nitrogens with zero attached hydrogens (tertiary/aromatic N) is 1. The summed E-state index contributed by atoms with van der Waals surface area (Å²) in [6.45, 7) is 8.04. The number of hydrogen-bond donors (Lipinski definition) is 1. The minimum absolute atomic E-state index is 0.0325. The first-order chi connectivity index (χ1) is 17.0. The summed E-state index contributed by atoms with van der Waals surface area (Å²) in [6, 6.07) is 18.5. The Hall–Kier alpha value is -3.85. The van der Waals surface area contributed by atoms with Crippen molar-refractivity contribution in [3.05, 3.63) is 83.4 Å². The van der Waals surface area contributed by atoms with Crippen LogP contribution >= 0.6 is 0 Å². The molecule has 0 aromatic heterocycles. The standard InChI is InChI=1S/C27H30N2O6S/c1-19-6-13-23(14-7-19)36(31,32)35-24-15-8-20(16-25(24)33-5)17-28-29-26(30)18-34-22-11-9-21(10-12-22)27(2,3)4/h6-17H,18H2,1-5H3,(H,29,30)/b28-17-. The smallest absolute Gasteiger partial charge is 0.339 e. The van der Waals surface area contributed by atoms with Crippen molar-refractivity contribution in [2.24, 2.45) is 5.10 Å². The molecule has 0 spiro atoms. The van der Waals surface area contributed by atoms with Crippen LogP contribution in [-0.4, -0.2) is 34.3 Å². The molecule has 36 heavy (non-hydrogen) atoms. The Kier molecular flexibility index (Phi) is 8.37. The third kappa shape index (κ3) is 7.32. The van der Waals surface area contributed by atoms with Gasteiger partial charge in [0, 0.05) is 0 Å². The molecule has 0 heterocycles. The molecule has 0 aliphatic rings. The molecule has 1 amide bonds. The molecule has 3 aromatic carbocycles. The third-order valence-corrected chi connectivity index (χ3v) is 6.44. The molecule has 1 N–H and O–H groups in total. The number of methoxy groups -OCH3 is 1. The van der Waals surface area contributed by atoms with Crippen LogP contribution in [0.1, 0.15) is 37.5 Å². The number of rotatable bonds is 9. The first-order valence-corrected chi connectivity index (χ1v) is 12.6. The van der Waals surface area contributed by atoms with E-state index in [2.05, 4.69) is 31.3 Å². The van der Waals surface area contributed by atoms with Crippen LogP contribution in [0, 0.1) is 6.92 Å². The zero-order chi connectivity index (χ0) is 26.3. The molecule has 0 saturated heterocycles. The quantitative estimate of drug-likeness (QED) is 0.256. The van der Waals surface area contributed by atoms with E-state index in [9.17, 15) is 13.2 Å². The van der Waals surface area contributed by atoms with E-state index in [1.165, 1.54) is 37.1 Å². The van der Waals surface area contributed by atoms with Crippen LogP contribution in [-0.2, 0) is 20.3 Å². The van der Waals surface area contributed by atoms with Crippen LogP contribution in [0.4, 0.5) is 0 Å².